The van der Waals surface area contributed by atoms with Crippen molar-refractivity contribution in [1.82, 2.24) is 10.6 Å². The lowest BCUT2D eigenvalue weighted by atomic mass is 9.73. The lowest BCUT2D eigenvalue weighted by Gasteiger charge is -2.40. The zero-order valence-corrected chi connectivity index (χ0v) is 16.3. The van der Waals surface area contributed by atoms with E-state index < -0.39 is 5.60 Å². The van der Waals surface area contributed by atoms with Gasteiger partial charge in [0.1, 0.15) is 5.60 Å². The number of carbonyl (C=O) groups is 1. The van der Waals surface area contributed by atoms with Gasteiger partial charge in [0.05, 0.1) is 0 Å². The van der Waals surface area contributed by atoms with E-state index in [1.807, 2.05) is 20.8 Å². The average Bonchev–Trinajstić information content (AvgIpc) is 2.37. The molecule has 0 bridgehead atoms. The van der Waals surface area contributed by atoms with Gasteiger partial charge in [0.15, 0.2) is 0 Å². The number of alkyl carbamates (subject to hydrolysis) is 1. The third-order valence-corrected chi connectivity index (χ3v) is 4.98. The summed E-state index contributed by atoms with van der Waals surface area (Å²) in [5, 5.41) is 6.70. The number of rotatable bonds is 6. The van der Waals surface area contributed by atoms with Gasteiger partial charge >= 0.3 is 6.09 Å². The second-order valence-electron chi connectivity index (χ2n) is 9.08. The molecule has 0 heterocycles. The number of amides is 1. The molecule has 2 atom stereocenters. The highest BCUT2D eigenvalue weighted by atomic mass is 16.6. The first kappa shape index (κ1) is 20.3. The zero-order valence-electron chi connectivity index (χ0n) is 16.3. The Bertz CT molecular complexity index is 372. The molecule has 1 rings (SSSR count). The Morgan fingerprint density at radius 2 is 1.87 bits per heavy atom. The fraction of sp³-hybridized carbons (Fsp3) is 0.947. The highest BCUT2D eigenvalue weighted by molar-refractivity contribution is 5.67. The summed E-state index contributed by atoms with van der Waals surface area (Å²) in [5.41, 5.74) is -0.0693. The van der Waals surface area contributed by atoms with E-state index in [4.69, 9.17) is 4.74 Å². The third-order valence-electron chi connectivity index (χ3n) is 4.98. The molecule has 1 saturated carbocycles. The molecule has 0 aliphatic heterocycles. The minimum absolute atomic E-state index is 0.318. The van der Waals surface area contributed by atoms with Gasteiger partial charge in [-0.2, -0.15) is 0 Å². The smallest absolute Gasteiger partial charge is 0.407 e. The quantitative estimate of drug-likeness (QED) is 0.763. The van der Waals surface area contributed by atoms with Crippen LogP contribution in [0.4, 0.5) is 4.79 Å². The van der Waals surface area contributed by atoms with Gasteiger partial charge in [-0.15, -0.1) is 0 Å². The third kappa shape index (κ3) is 7.56. The Kier molecular flexibility index (Phi) is 7.37. The Morgan fingerprint density at radius 3 is 2.39 bits per heavy atom. The molecule has 2 N–H and O–H groups in total. The lowest BCUT2D eigenvalue weighted by Crippen LogP contribution is -2.48. The Morgan fingerprint density at radius 1 is 1.22 bits per heavy atom. The topological polar surface area (TPSA) is 50.4 Å². The molecule has 23 heavy (non-hydrogen) atoms. The molecule has 136 valence electrons. The van der Waals surface area contributed by atoms with Crippen LogP contribution in [0, 0.1) is 17.3 Å². The van der Waals surface area contributed by atoms with Gasteiger partial charge in [0, 0.05) is 19.1 Å². The summed E-state index contributed by atoms with van der Waals surface area (Å²) in [7, 11) is 0. The molecule has 1 aliphatic carbocycles. The average molecular weight is 327 g/mol. The van der Waals surface area contributed by atoms with Crippen molar-refractivity contribution in [2.75, 3.05) is 13.1 Å². The maximum atomic E-state index is 11.8. The molecule has 0 radical (unpaired) electrons. The molecular weight excluding hydrogens is 288 g/mol. The van der Waals surface area contributed by atoms with Crippen LogP contribution in [0.5, 0.6) is 0 Å². The van der Waals surface area contributed by atoms with Gasteiger partial charge in [-0.05, 0) is 50.9 Å². The van der Waals surface area contributed by atoms with E-state index in [2.05, 4.69) is 38.3 Å². The van der Waals surface area contributed by atoms with Crippen LogP contribution in [-0.2, 0) is 4.74 Å². The van der Waals surface area contributed by atoms with Crippen LogP contribution in [0.15, 0.2) is 0 Å². The number of hydrogen-bond donors (Lipinski definition) is 2. The van der Waals surface area contributed by atoms with Crippen molar-refractivity contribution in [3.05, 3.63) is 0 Å². The minimum Gasteiger partial charge on any atom is -0.444 e. The maximum Gasteiger partial charge on any atom is 0.407 e. The van der Waals surface area contributed by atoms with Crippen molar-refractivity contribution in [2.45, 2.75) is 85.8 Å². The summed E-state index contributed by atoms with van der Waals surface area (Å²) < 4.78 is 5.32. The molecule has 4 nitrogen and oxygen atoms in total. The monoisotopic (exact) mass is 326 g/mol. The van der Waals surface area contributed by atoms with Gasteiger partial charge in [-0.25, -0.2) is 4.79 Å². The van der Waals surface area contributed by atoms with Gasteiger partial charge < -0.3 is 15.4 Å². The fourth-order valence-corrected chi connectivity index (χ4v) is 3.24. The second kappa shape index (κ2) is 8.36. The standard InChI is InChI=1S/C19H38N2O2/c1-14(2)15(13-21-17(22)23-18(3,4)5)12-20-16-10-8-9-11-19(16,6)7/h14-16,20H,8-13H2,1-7H3,(H,21,22). The van der Waals surface area contributed by atoms with Crippen molar-refractivity contribution < 1.29 is 9.53 Å². The first-order valence-corrected chi connectivity index (χ1v) is 9.21. The normalized spacial score (nSPS) is 22.7. The highest BCUT2D eigenvalue weighted by Gasteiger charge is 2.32. The fourth-order valence-electron chi connectivity index (χ4n) is 3.24. The van der Waals surface area contributed by atoms with Crippen molar-refractivity contribution >= 4 is 6.09 Å². The number of nitrogens with one attached hydrogen (secondary N) is 2. The largest absolute Gasteiger partial charge is 0.444 e. The molecule has 4 heteroatoms. The minimum atomic E-state index is -0.443. The summed E-state index contributed by atoms with van der Waals surface area (Å²) in [4.78, 5) is 11.8. The summed E-state index contributed by atoms with van der Waals surface area (Å²) in [6, 6.07) is 0.582. The van der Waals surface area contributed by atoms with E-state index in [1.54, 1.807) is 0 Å². The molecule has 0 spiro atoms. The van der Waals surface area contributed by atoms with E-state index in [0.29, 0.717) is 29.8 Å². The van der Waals surface area contributed by atoms with E-state index in [9.17, 15) is 4.79 Å². The summed E-state index contributed by atoms with van der Waals surface area (Å²) in [5.74, 6) is 0.935. The molecule has 0 aromatic carbocycles. The van der Waals surface area contributed by atoms with E-state index in [0.717, 1.165) is 6.54 Å². The molecule has 2 unspecified atom stereocenters. The Balaban J connectivity index is 2.44. The van der Waals surface area contributed by atoms with Crippen LogP contribution in [-0.4, -0.2) is 30.8 Å². The zero-order chi connectivity index (χ0) is 17.7. The Hall–Kier alpha value is -0.770. The molecule has 1 fully saturated rings. The summed E-state index contributed by atoms with van der Waals surface area (Å²) >= 11 is 0. The molecule has 0 aromatic rings. The molecular formula is C19H38N2O2. The van der Waals surface area contributed by atoms with Gasteiger partial charge in [-0.1, -0.05) is 40.5 Å². The summed E-state index contributed by atoms with van der Waals surface area (Å²) in [6.07, 6.45) is 4.91. The highest BCUT2D eigenvalue weighted by Crippen LogP contribution is 2.35. The number of ether oxygens (including phenoxy) is 1. The van der Waals surface area contributed by atoms with Crippen molar-refractivity contribution in [3.8, 4) is 0 Å². The van der Waals surface area contributed by atoms with E-state index >= 15 is 0 Å². The van der Waals surface area contributed by atoms with Gasteiger partial charge in [0.2, 0.25) is 0 Å². The molecule has 1 aliphatic rings. The Labute approximate surface area is 143 Å². The molecule has 0 aromatic heterocycles. The predicted molar refractivity (Wildman–Crippen MR) is 96.6 cm³/mol. The first-order chi connectivity index (χ1) is 10.5. The SMILES string of the molecule is CC(C)C(CNC(=O)OC(C)(C)C)CNC1CCCCC1(C)C. The van der Waals surface area contributed by atoms with Gasteiger partial charge in [-0.3, -0.25) is 0 Å². The van der Waals surface area contributed by atoms with Crippen LogP contribution in [0.3, 0.4) is 0 Å². The number of carbonyl (C=O) groups excluding carboxylic acids is 1. The van der Waals surface area contributed by atoms with Crippen LogP contribution in [0.2, 0.25) is 0 Å². The van der Waals surface area contributed by atoms with Crippen LogP contribution in [0.25, 0.3) is 0 Å². The van der Waals surface area contributed by atoms with Crippen molar-refractivity contribution in [2.24, 2.45) is 17.3 Å². The molecule has 1 amide bonds. The predicted octanol–water partition coefficient (Wildman–Crippen LogP) is 4.34. The van der Waals surface area contributed by atoms with Crippen molar-refractivity contribution in [1.29, 1.82) is 0 Å². The van der Waals surface area contributed by atoms with Crippen LogP contribution < -0.4 is 10.6 Å². The van der Waals surface area contributed by atoms with Gasteiger partial charge in [0.25, 0.3) is 0 Å². The van der Waals surface area contributed by atoms with Crippen molar-refractivity contribution in [3.63, 3.8) is 0 Å². The second-order valence-corrected chi connectivity index (χ2v) is 9.08. The first-order valence-electron chi connectivity index (χ1n) is 9.21. The van der Waals surface area contributed by atoms with Crippen LogP contribution >= 0.6 is 0 Å². The van der Waals surface area contributed by atoms with E-state index in [1.165, 1.54) is 25.7 Å². The lowest BCUT2D eigenvalue weighted by molar-refractivity contribution is 0.0513. The molecule has 0 saturated heterocycles. The van der Waals surface area contributed by atoms with E-state index in [-0.39, 0.29) is 6.09 Å². The van der Waals surface area contributed by atoms with Crippen LogP contribution in [0.1, 0.15) is 74.1 Å². The maximum absolute atomic E-state index is 11.8. The summed E-state index contributed by atoms with van der Waals surface area (Å²) in [6.45, 7) is 16.4. The number of hydrogen-bond acceptors (Lipinski definition) is 3.